The molecule has 6 nitrogen and oxygen atoms in total. The maximum absolute atomic E-state index is 14.6. The van der Waals surface area contributed by atoms with E-state index in [1.165, 1.54) is 12.3 Å². The molecule has 7 heteroatoms. The van der Waals surface area contributed by atoms with Gasteiger partial charge < -0.3 is 15.0 Å². The maximum Gasteiger partial charge on any atom is 0.259 e. The van der Waals surface area contributed by atoms with Crippen molar-refractivity contribution in [3.63, 3.8) is 0 Å². The Morgan fingerprint density at radius 1 is 1.41 bits per heavy atom. The van der Waals surface area contributed by atoms with Crippen LogP contribution in [0.1, 0.15) is 54.2 Å². The number of nitrogens with zero attached hydrogens (tertiary/aromatic N) is 2. The average molecular weight is 369 g/mol. The van der Waals surface area contributed by atoms with E-state index in [4.69, 9.17) is 0 Å². The van der Waals surface area contributed by atoms with E-state index in [-0.39, 0.29) is 17.4 Å². The number of halogens is 1. The van der Waals surface area contributed by atoms with Crippen molar-refractivity contribution < 1.29 is 14.3 Å². The van der Waals surface area contributed by atoms with Crippen molar-refractivity contribution in [2.75, 3.05) is 6.54 Å². The third-order valence-electron chi connectivity index (χ3n) is 4.98. The van der Waals surface area contributed by atoms with Gasteiger partial charge in [0.2, 0.25) is 0 Å². The fourth-order valence-electron chi connectivity index (χ4n) is 3.45. The molecule has 27 heavy (non-hydrogen) atoms. The van der Waals surface area contributed by atoms with Gasteiger partial charge in [0.1, 0.15) is 11.6 Å². The van der Waals surface area contributed by atoms with Crippen LogP contribution in [0.5, 0.6) is 5.75 Å². The molecule has 0 saturated carbocycles. The predicted molar refractivity (Wildman–Crippen MR) is 96.8 cm³/mol. The van der Waals surface area contributed by atoms with E-state index in [1.54, 1.807) is 30.9 Å². The number of hydrogen-bond acceptors (Lipinski definition) is 4. The first-order chi connectivity index (χ1) is 12.7. The van der Waals surface area contributed by atoms with E-state index < -0.39 is 22.7 Å². The topological polar surface area (TPSA) is 97.2 Å². The van der Waals surface area contributed by atoms with Gasteiger partial charge in [-0.1, -0.05) is 12.1 Å². The summed E-state index contributed by atoms with van der Waals surface area (Å²) in [5.41, 5.74) is -0.498. The fourth-order valence-corrected chi connectivity index (χ4v) is 3.45. The molecule has 1 aliphatic heterocycles. The Bertz CT molecular complexity index is 991. The van der Waals surface area contributed by atoms with Crippen LogP contribution in [0.25, 0.3) is 0 Å². The van der Waals surface area contributed by atoms with Gasteiger partial charge in [0.15, 0.2) is 0 Å². The lowest BCUT2D eigenvalue weighted by molar-refractivity contribution is 0.0732. The van der Waals surface area contributed by atoms with Crippen LogP contribution in [0.2, 0.25) is 0 Å². The molecule has 0 unspecified atom stereocenters. The van der Waals surface area contributed by atoms with Crippen LogP contribution in [0.4, 0.5) is 4.39 Å². The molecule has 0 bridgehead atoms. The highest BCUT2D eigenvalue weighted by Crippen LogP contribution is 2.36. The Balaban J connectivity index is 1.93. The monoisotopic (exact) mass is 369 g/mol. The minimum absolute atomic E-state index is 0.00389. The number of nitrogens with one attached hydrogen (secondary N) is 1. The summed E-state index contributed by atoms with van der Waals surface area (Å²) in [5.74, 6) is -1.29. The Morgan fingerprint density at radius 3 is 2.78 bits per heavy atom. The van der Waals surface area contributed by atoms with Crippen molar-refractivity contribution in [2.45, 2.75) is 38.1 Å². The van der Waals surface area contributed by atoms with Gasteiger partial charge in [-0.3, -0.25) is 9.59 Å². The number of benzene rings is 1. The summed E-state index contributed by atoms with van der Waals surface area (Å²) < 4.78 is 14.6. The number of likely N-dealkylation sites (tertiary alicyclic amines) is 1. The van der Waals surface area contributed by atoms with E-state index in [0.717, 1.165) is 12.5 Å². The van der Waals surface area contributed by atoms with E-state index >= 15 is 0 Å². The molecule has 1 saturated heterocycles. The first kappa shape index (κ1) is 18.6. The third kappa shape index (κ3) is 3.43. The van der Waals surface area contributed by atoms with Gasteiger partial charge in [-0.2, -0.15) is 5.26 Å². The number of pyridine rings is 1. The van der Waals surface area contributed by atoms with E-state index in [9.17, 15) is 24.3 Å². The van der Waals surface area contributed by atoms with Gasteiger partial charge >= 0.3 is 0 Å². The molecule has 1 fully saturated rings. The molecule has 1 aromatic carbocycles. The van der Waals surface area contributed by atoms with E-state index in [0.29, 0.717) is 24.1 Å². The molecular formula is C20H20FN3O3. The number of hydrogen-bond donors (Lipinski definition) is 2. The number of amides is 1. The predicted octanol–water partition coefficient (Wildman–Crippen LogP) is 3.00. The van der Waals surface area contributed by atoms with Gasteiger partial charge in [-0.25, -0.2) is 4.39 Å². The highest BCUT2D eigenvalue weighted by molar-refractivity contribution is 5.96. The zero-order chi connectivity index (χ0) is 19.8. The van der Waals surface area contributed by atoms with E-state index in [2.05, 4.69) is 11.1 Å². The second-order valence-corrected chi connectivity index (χ2v) is 7.23. The zero-order valence-corrected chi connectivity index (χ0v) is 15.1. The standard InChI is InChI=1S/C20H20FN3O3/c1-20(2,11-22)14-6-5-12(8-15(14)21)16-4-3-7-24(16)19(27)13-10-23-18(26)9-17(13)25/h5-6,8-10,16H,3-4,7H2,1-2H3,(H2,23,25,26)/t16-/m1/s1. The quantitative estimate of drug-likeness (QED) is 0.869. The summed E-state index contributed by atoms with van der Waals surface area (Å²) in [4.78, 5) is 28.0. The fraction of sp³-hybridized carbons (Fsp3) is 0.350. The van der Waals surface area contributed by atoms with Crippen LogP contribution in [0, 0.1) is 17.1 Å². The van der Waals surface area contributed by atoms with Gasteiger partial charge in [0.05, 0.1) is 23.1 Å². The number of carbonyl (C=O) groups excluding carboxylic acids is 1. The summed E-state index contributed by atoms with van der Waals surface area (Å²) in [6.07, 6.45) is 2.60. The van der Waals surface area contributed by atoms with Gasteiger partial charge in [-0.15, -0.1) is 0 Å². The summed E-state index contributed by atoms with van der Waals surface area (Å²) in [5, 5.41) is 19.1. The average Bonchev–Trinajstić information content (AvgIpc) is 3.10. The van der Waals surface area contributed by atoms with Crippen molar-refractivity contribution in [1.29, 1.82) is 5.26 Å². The molecule has 2 aromatic rings. The molecule has 0 aliphatic carbocycles. The number of carbonyl (C=O) groups is 1. The second kappa shape index (κ2) is 6.88. The Kier molecular flexibility index (Phi) is 4.75. The summed E-state index contributed by atoms with van der Waals surface area (Å²) in [7, 11) is 0. The largest absolute Gasteiger partial charge is 0.507 e. The zero-order valence-electron chi connectivity index (χ0n) is 15.1. The third-order valence-corrected chi connectivity index (χ3v) is 4.98. The summed E-state index contributed by atoms with van der Waals surface area (Å²) in [6, 6.07) is 7.40. The SMILES string of the molecule is CC(C)(C#N)c1ccc([C@H]2CCCN2C(=O)c2c[nH]c(=O)cc2O)cc1F. The number of nitriles is 1. The van der Waals surface area contributed by atoms with Crippen LogP contribution in [-0.2, 0) is 5.41 Å². The normalized spacial score (nSPS) is 17.0. The first-order valence-electron chi connectivity index (χ1n) is 8.68. The number of aromatic amines is 1. The highest BCUT2D eigenvalue weighted by Gasteiger charge is 2.33. The first-order valence-corrected chi connectivity index (χ1v) is 8.68. The number of aromatic hydroxyl groups is 1. The van der Waals surface area contributed by atoms with Crippen LogP contribution >= 0.6 is 0 Å². The summed E-state index contributed by atoms with van der Waals surface area (Å²) >= 11 is 0. The van der Waals surface area contributed by atoms with Crippen molar-refractivity contribution >= 4 is 5.91 Å². The molecule has 140 valence electrons. The van der Waals surface area contributed by atoms with Crippen molar-refractivity contribution in [2.24, 2.45) is 0 Å². The number of aromatic nitrogens is 1. The van der Waals surface area contributed by atoms with Crippen LogP contribution < -0.4 is 5.56 Å². The molecule has 2 heterocycles. The number of rotatable bonds is 3. The molecule has 1 aromatic heterocycles. The Hall–Kier alpha value is -3.14. The second-order valence-electron chi connectivity index (χ2n) is 7.23. The van der Waals surface area contributed by atoms with Crippen LogP contribution in [-0.4, -0.2) is 27.4 Å². The Morgan fingerprint density at radius 2 is 2.15 bits per heavy atom. The minimum atomic E-state index is -0.949. The van der Waals surface area contributed by atoms with Crippen molar-refractivity contribution in [3.8, 4) is 11.8 Å². The maximum atomic E-state index is 14.6. The lowest BCUT2D eigenvalue weighted by Crippen LogP contribution is -2.31. The summed E-state index contributed by atoms with van der Waals surface area (Å²) in [6.45, 7) is 3.76. The highest BCUT2D eigenvalue weighted by atomic mass is 19.1. The van der Waals surface area contributed by atoms with Gasteiger partial charge in [0.25, 0.3) is 11.5 Å². The molecule has 0 spiro atoms. The van der Waals surface area contributed by atoms with Crippen LogP contribution in [0.3, 0.4) is 0 Å². The minimum Gasteiger partial charge on any atom is -0.507 e. The molecule has 2 N–H and O–H groups in total. The van der Waals surface area contributed by atoms with Gasteiger partial charge in [-0.05, 0) is 38.3 Å². The van der Waals surface area contributed by atoms with E-state index in [1.807, 2.05) is 0 Å². The molecule has 3 rings (SSSR count). The van der Waals surface area contributed by atoms with Crippen molar-refractivity contribution in [1.82, 2.24) is 9.88 Å². The Labute approximate surface area is 155 Å². The lowest BCUT2D eigenvalue weighted by atomic mass is 9.85. The van der Waals surface area contributed by atoms with Gasteiger partial charge in [0, 0.05) is 24.4 Å². The number of H-pyrrole nitrogens is 1. The smallest absolute Gasteiger partial charge is 0.259 e. The molecule has 0 radical (unpaired) electrons. The molecular weight excluding hydrogens is 349 g/mol. The molecule has 1 atom stereocenters. The van der Waals surface area contributed by atoms with Crippen molar-refractivity contribution in [3.05, 3.63) is 63.3 Å². The molecule has 1 amide bonds. The lowest BCUT2D eigenvalue weighted by Gasteiger charge is -2.26. The van der Waals surface area contributed by atoms with Crippen LogP contribution in [0.15, 0.2) is 35.3 Å². The molecule has 1 aliphatic rings.